The molecule has 0 aliphatic carbocycles. The molecule has 1 radical (unpaired) electrons. The van der Waals surface area contributed by atoms with Crippen LogP contribution < -0.4 is 0 Å². The van der Waals surface area contributed by atoms with Gasteiger partial charge in [0.25, 0.3) is 0 Å². The number of hydrogen-bond acceptors (Lipinski definition) is 0. The third-order valence-corrected chi connectivity index (χ3v) is 6.20. The Kier molecular flexibility index (Phi) is 19.4. The molecule has 0 saturated carbocycles. The van der Waals surface area contributed by atoms with Crippen LogP contribution in [0.5, 0.6) is 0 Å². The van der Waals surface area contributed by atoms with Gasteiger partial charge in [0.2, 0.25) is 0 Å². The third-order valence-electron chi connectivity index (χ3n) is 6.20. The molecular formula is C33H66LuO6+6. The van der Waals surface area contributed by atoms with Gasteiger partial charge in [0.15, 0.2) is 19.3 Å². The van der Waals surface area contributed by atoms with Gasteiger partial charge in [-0.1, -0.05) is 0 Å². The van der Waals surface area contributed by atoms with Gasteiger partial charge in [-0.15, -0.1) is 0 Å². The maximum Gasteiger partial charge on any atom is 0.311 e. The van der Waals surface area contributed by atoms with Crippen LogP contribution in [0.4, 0.5) is 0 Å². The second kappa shape index (κ2) is 16.8. The van der Waals surface area contributed by atoms with Crippen LogP contribution >= 0.6 is 0 Å². The average molecular weight is 734 g/mol. The Labute approximate surface area is 275 Å². The summed E-state index contributed by atoms with van der Waals surface area (Å²) >= 11 is 0. The van der Waals surface area contributed by atoms with Crippen LogP contribution in [0.25, 0.3) is 0 Å². The predicted octanol–water partition coefficient (Wildman–Crippen LogP) is 7.68. The Morgan fingerprint density at radius 3 is 0.400 bits per heavy atom. The van der Waals surface area contributed by atoms with E-state index in [0.717, 1.165) is 0 Å². The molecule has 0 bridgehead atoms. The first kappa shape index (κ1) is 46.2. The summed E-state index contributed by atoms with van der Waals surface area (Å²) in [4.78, 5) is 57.9. The van der Waals surface area contributed by atoms with Crippen molar-refractivity contribution in [1.29, 1.82) is 0 Å². The maximum atomic E-state index is 9.66. The van der Waals surface area contributed by atoms with Gasteiger partial charge in [-0.05, 0) is 125 Å². The fourth-order valence-electron chi connectivity index (χ4n) is 2.07. The van der Waals surface area contributed by atoms with Gasteiger partial charge in [0, 0.05) is 36.9 Å². The van der Waals surface area contributed by atoms with Crippen molar-refractivity contribution in [3.8, 4) is 0 Å². The molecule has 0 spiro atoms. The first-order chi connectivity index (χ1) is 16.6. The summed E-state index contributed by atoms with van der Waals surface area (Å²) < 4.78 is 0. The van der Waals surface area contributed by atoms with E-state index in [1.807, 2.05) is 125 Å². The van der Waals surface area contributed by atoms with E-state index >= 15 is 0 Å². The molecule has 6 nitrogen and oxygen atoms in total. The van der Waals surface area contributed by atoms with E-state index in [1.54, 1.807) is 0 Å². The average Bonchev–Trinajstić information content (AvgIpc) is 2.64. The molecule has 0 atom stereocenters. The minimum atomic E-state index is -0.251. The SMILES string of the molecule is CC(C)(C)C(=[OH+])CC(=[OH+])C(C)(C)C.CC(C)(C)C(=[OH+])CC(=[OH+])C(C)(C)C.CC(C)(C)C(=[OH+])CC(=[OH+])C(C)(C)C.[Lu]. The molecule has 0 aliphatic rings. The van der Waals surface area contributed by atoms with Crippen molar-refractivity contribution < 1.29 is 65.6 Å². The van der Waals surface area contributed by atoms with Crippen LogP contribution in [0.15, 0.2) is 0 Å². The van der Waals surface area contributed by atoms with Crippen molar-refractivity contribution in [3.63, 3.8) is 0 Å². The van der Waals surface area contributed by atoms with Crippen LogP contribution in [0.2, 0.25) is 0 Å². The second-order valence-electron chi connectivity index (χ2n) is 16.7. The first-order valence-electron chi connectivity index (χ1n) is 14.0. The van der Waals surface area contributed by atoms with Crippen LogP contribution in [0.1, 0.15) is 144 Å². The quantitative estimate of drug-likeness (QED) is 0.196. The number of hydrogen-bond donors (Lipinski definition) is 0. The van der Waals surface area contributed by atoms with Crippen LogP contribution in [0, 0.1) is 69.4 Å². The Hall–Kier alpha value is -0.746. The molecule has 0 aliphatic heterocycles. The molecule has 0 aromatic rings. The van der Waals surface area contributed by atoms with E-state index in [4.69, 9.17) is 0 Å². The molecule has 243 valence electrons. The predicted molar refractivity (Wildman–Crippen MR) is 172 cm³/mol. The van der Waals surface area contributed by atoms with Gasteiger partial charge in [-0.3, -0.25) is 28.8 Å². The summed E-state index contributed by atoms with van der Waals surface area (Å²) in [6.45, 7) is 34.7. The monoisotopic (exact) mass is 733 g/mol. The summed E-state index contributed by atoms with van der Waals surface area (Å²) in [7, 11) is 0. The Morgan fingerprint density at radius 1 is 0.275 bits per heavy atom. The van der Waals surface area contributed by atoms with Crippen molar-refractivity contribution >= 4 is 34.7 Å². The number of ketones is 6. The van der Waals surface area contributed by atoms with Gasteiger partial charge in [0.1, 0.15) is 0 Å². The molecule has 0 aromatic heterocycles. The number of carbonyl (C=O) groups excluding carboxylic acids is 6. The molecule has 0 saturated heterocycles. The zero-order valence-electron chi connectivity index (χ0n) is 29.1. The molecule has 6 N–H and O–H groups in total. The second-order valence-corrected chi connectivity index (χ2v) is 16.7. The third kappa shape index (κ3) is 21.9. The van der Waals surface area contributed by atoms with E-state index in [1.165, 1.54) is 0 Å². The molecule has 0 rings (SSSR count). The maximum absolute atomic E-state index is 9.66. The Morgan fingerprint density at radius 2 is 0.350 bits per heavy atom. The topological polar surface area (TPSA) is 128 Å². The zero-order valence-corrected chi connectivity index (χ0v) is 30.7. The minimum Gasteiger partial charge on any atom is -0.282 e. The van der Waals surface area contributed by atoms with Gasteiger partial charge in [-0.25, -0.2) is 0 Å². The molecule has 0 heterocycles. The van der Waals surface area contributed by atoms with Crippen molar-refractivity contribution in [1.82, 2.24) is 0 Å². The fraction of sp³-hybridized carbons (Fsp3) is 0.818. The van der Waals surface area contributed by atoms with Crippen LogP contribution in [0.3, 0.4) is 0 Å². The van der Waals surface area contributed by atoms with Crippen molar-refractivity contribution in [2.45, 2.75) is 144 Å². The van der Waals surface area contributed by atoms with Gasteiger partial charge in [-0.2, -0.15) is 0 Å². The van der Waals surface area contributed by atoms with E-state index < -0.39 is 0 Å². The van der Waals surface area contributed by atoms with E-state index in [0.29, 0.717) is 34.7 Å². The van der Waals surface area contributed by atoms with E-state index in [-0.39, 0.29) is 88.6 Å². The van der Waals surface area contributed by atoms with Gasteiger partial charge >= 0.3 is 34.7 Å². The molecule has 0 aromatic carbocycles. The standard InChI is InChI=1S/3C11H20O2.Lu/c3*1-10(2,3)8(12)7-9(13)11(4,5)6;/h3*7H2,1-6H3;/p+6. The Bertz CT molecular complexity index is 693. The zero-order chi connectivity index (χ0) is 32.6. The van der Waals surface area contributed by atoms with Crippen LogP contribution in [-0.2, 0) is 0 Å². The van der Waals surface area contributed by atoms with E-state index in [9.17, 15) is 28.8 Å². The number of rotatable bonds is 6. The van der Waals surface area contributed by atoms with Gasteiger partial charge < -0.3 is 0 Å². The van der Waals surface area contributed by atoms with E-state index in [2.05, 4.69) is 0 Å². The summed E-state index contributed by atoms with van der Waals surface area (Å²) in [5.74, 6) is 2.00. The molecular weight excluding hydrogens is 667 g/mol. The van der Waals surface area contributed by atoms with Gasteiger partial charge in [0.05, 0.1) is 32.5 Å². The summed E-state index contributed by atoms with van der Waals surface area (Å²) in [6, 6.07) is 0. The first-order valence-corrected chi connectivity index (χ1v) is 14.0. The molecule has 7 heteroatoms. The molecule has 0 unspecified atom stereocenters. The van der Waals surface area contributed by atoms with Crippen molar-refractivity contribution in [2.75, 3.05) is 0 Å². The minimum absolute atomic E-state index is 0. The summed E-state index contributed by atoms with van der Waals surface area (Å²) in [6.07, 6.45) is 0.854. The molecule has 0 fully saturated rings. The molecule has 0 amide bonds. The normalized spacial score (nSPS) is 12.4. The van der Waals surface area contributed by atoms with Crippen molar-refractivity contribution in [2.24, 2.45) is 32.5 Å². The van der Waals surface area contributed by atoms with Crippen molar-refractivity contribution in [3.05, 3.63) is 0 Å². The summed E-state index contributed by atoms with van der Waals surface area (Å²) in [5, 5.41) is 0. The Balaban J connectivity index is -0.000000240. The smallest absolute Gasteiger partial charge is 0.282 e. The fourth-order valence-corrected chi connectivity index (χ4v) is 2.07. The summed E-state index contributed by atoms with van der Waals surface area (Å²) in [5.41, 5.74) is -1.50. The largest absolute Gasteiger partial charge is 0.311 e. The van der Waals surface area contributed by atoms with Crippen LogP contribution in [-0.4, -0.2) is 63.5 Å². The molecule has 40 heavy (non-hydrogen) atoms.